The molecule has 1 N–H and O–H groups in total. The van der Waals surface area contributed by atoms with Crippen molar-refractivity contribution in [2.75, 3.05) is 0 Å². The minimum Gasteiger partial charge on any atom is -0.468 e. The van der Waals surface area contributed by atoms with Crippen molar-refractivity contribution in [2.24, 2.45) is 0 Å². The third kappa shape index (κ3) is 3.11. The first kappa shape index (κ1) is 11.7. The summed E-state index contributed by atoms with van der Waals surface area (Å²) in [7, 11) is 0. The highest BCUT2D eigenvalue weighted by molar-refractivity contribution is 5.04. The van der Waals surface area contributed by atoms with Crippen LogP contribution in [-0.4, -0.2) is 6.04 Å². The quantitative estimate of drug-likeness (QED) is 0.776. The van der Waals surface area contributed by atoms with E-state index in [-0.39, 0.29) is 0 Å². The monoisotopic (exact) mass is 221 g/mol. The Hall–Kier alpha value is -0.760. The summed E-state index contributed by atoms with van der Waals surface area (Å²) in [5.74, 6) is 1.09. The summed E-state index contributed by atoms with van der Waals surface area (Å²) in [5, 5.41) is 3.75. The van der Waals surface area contributed by atoms with E-state index in [0.29, 0.717) is 12.1 Å². The lowest BCUT2D eigenvalue weighted by Gasteiger charge is -2.22. The van der Waals surface area contributed by atoms with Crippen LogP contribution in [0.2, 0.25) is 0 Å². The summed E-state index contributed by atoms with van der Waals surface area (Å²) in [6, 6.07) is 5.15. The molecule has 1 heterocycles. The second-order valence-electron chi connectivity index (χ2n) is 4.83. The third-order valence-corrected chi connectivity index (χ3v) is 3.59. The fourth-order valence-electron chi connectivity index (χ4n) is 2.62. The molecular weight excluding hydrogens is 198 g/mol. The molecule has 16 heavy (non-hydrogen) atoms. The Morgan fingerprint density at radius 1 is 1.31 bits per heavy atom. The molecule has 1 saturated carbocycles. The van der Waals surface area contributed by atoms with Crippen molar-refractivity contribution in [2.45, 2.75) is 64.0 Å². The van der Waals surface area contributed by atoms with Gasteiger partial charge in [-0.3, -0.25) is 0 Å². The number of hydrogen-bond donors (Lipinski definition) is 1. The van der Waals surface area contributed by atoms with Gasteiger partial charge in [0.1, 0.15) is 5.76 Å². The molecule has 2 rings (SSSR count). The van der Waals surface area contributed by atoms with Gasteiger partial charge >= 0.3 is 0 Å². The molecule has 0 aromatic carbocycles. The summed E-state index contributed by atoms with van der Waals surface area (Å²) in [6.07, 6.45) is 11.1. The lowest BCUT2D eigenvalue weighted by Crippen LogP contribution is -2.32. The average Bonchev–Trinajstić information content (AvgIpc) is 2.71. The fourth-order valence-corrected chi connectivity index (χ4v) is 2.62. The van der Waals surface area contributed by atoms with Crippen LogP contribution in [0.15, 0.2) is 22.8 Å². The molecule has 0 amide bonds. The minimum atomic E-state index is 0.401. The van der Waals surface area contributed by atoms with E-state index < -0.39 is 0 Å². The van der Waals surface area contributed by atoms with Crippen molar-refractivity contribution >= 4 is 0 Å². The Kier molecular flexibility index (Phi) is 4.46. The van der Waals surface area contributed by atoms with E-state index in [0.717, 1.165) is 12.2 Å². The van der Waals surface area contributed by atoms with Crippen LogP contribution in [0.4, 0.5) is 0 Å². The standard InChI is InChI=1S/C14H23NO/c1-2-13(14-10-7-11-16-14)15-12-8-5-3-4-6-9-12/h7,10-13,15H,2-6,8-9H2,1H3. The normalized spacial score (nSPS) is 20.6. The molecule has 1 aromatic heterocycles. The van der Waals surface area contributed by atoms with Crippen LogP contribution in [0.25, 0.3) is 0 Å². The van der Waals surface area contributed by atoms with Gasteiger partial charge in [-0.05, 0) is 31.4 Å². The zero-order valence-electron chi connectivity index (χ0n) is 10.2. The Morgan fingerprint density at radius 2 is 2.06 bits per heavy atom. The highest BCUT2D eigenvalue weighted by Crippen LogP contribution is 2.23. The predicted molar refractivity (Wildman–Crippen MR) is 66.4 cm³/mol. The van der Waals surface area contributed by atoms with E-state index in [4.69, 9.17) is 4.42 Å². The van der Waals surface area contributed by atoms with E-state index in [9.17, 15) is 0 Å². The molecule has 2 heteroatoms. The Balaban J connectivity index is 1.90. The van der Waals surface area contributed by atoms with Crippen LogP contribution in [0.1, 0.15) is 63.7 Å². The van der Waals surface area contributed by atoms with Gasteiger partial charge in [0, 0.05) is 6.04 Å². The fraction of sp³-hybridized carbons (Fsp3) is 0.714. The summed E-state index contributed by atoms with van der Waals surface area (Å²) in [6.45, 7) is 2.22. The molecular formula is C14H23NO. The molecule has 0 aliphatic heterocycles. The van der Waals surface area contributed by atoms with Crippen molar-refractivity contribution in [3.63, 3.8) is 0 Å². The van der Waals surface area contributed by atoms with Crippen LogP contribution in [0.3, 0.4) is 0 Å². The molecule has 0 bridgehead atoms. The van der Waals surface area contributed by atoms with E-state index in [2.05, 4.69) is 18.3 Å². The van der Waals surface area contributed by atoms with Crippen LogP contribution in [0, 0.1) is 0 Å². The van der Waals surface area contributed by atoms with Crippen molar-refractivity contribution in [1.82, 2.24) is 5.32 Å². The predicted octanol–water partition coefficient (Wildman–Crippen LogP) is 4.04. The largest absolute Gasteiger partial charge is 0.468 e. The lowest BCUT2D eigenvalue weighted by molar-refractivity contribution is 0.344. The number of rotatable bonds is 4. The van der Waals surface area contributed by atoms with Gasteiger partial charge in [0.25, 0.3) is 0 Å². The van der Waals surface area contributed by atoms with Gasteiger partial charge < -0.3 is 9.73 Å². The zero-order chi connectivity index (χ0) is 11.2. The topological polar surface area (TPSA) is 25.2 Å². The van der Waals surface area contributed by atoms with Crippen molar-refractivity contribution in [1.29, 1.82) is 0 Å². The average molecular weight is 221 g/mol. The van der Waals surface area contributed by atoms with E-state index >= 15 is 0 Å². The third-order valence-electron chi connectivity index (χ3n) is 3.59. The first-order valence-corrected chi connectivity index (χ1v) is 6.69. The van der Waals surface area contributed by atoms with Gasteiger partial charge in [0.05, 0.1) is 12.3 Å². The molecule has 0 spiro atoms. The van der Waals surface area contributed by atoms with Gasteiger partial charge in [0.2, 0.25) is 0 Å². The van der Waals surface area contributed by atoms with Crippen LogP contribution < -0.4 is 5.32 Å². The van der Waals surface area contributed by atoms with Crippen LogP contribution in [0.5, 0.6) is 0 Å². The molecule has 1 aliphatic rings. The van der Waals surface area contributed by atoms with Crippen molar-refractivity contribution < 1.29 is 4.42 Å². The molecule has 1 aromatic rings. The molecule has 2 nitrogen and oxygen atoms in total. The van der Waals surface area contributed by atoms with Crippen LogP contribution >= 0.6 is 0 Å². The van der Waals surface area contributed by atoms with E-state index in [1.165, 1.54) is 38.5 Å². The van der Waals surface area contributed by atoms with Gasteiger partial charge in [-0.1, -0.05) is 32.6 Å². The highest BCUT2D eigenvalue weighted by atomic mass is 16.3. The Morgan fingerprint density at radius 3 is 2.62 bits per heavy atom. The molecule has 0 radical (unpaired) electrons. The SMILES string of the molecule is CCC(NC1CCCCCC1)c1ccco1. The number of furan rings is 1. The van der Waals surface area contributed by atoms with Gasteiger partial charge in [-0.2, -0.15) is 0 Å². The summed E-state index contributed by atoms with van der Waals surface area (Å²) >= 11 is 0. The first-order chi connectivity index (χ1) is 7.90. The minimum absolute atomic E-state index is 0.401. The maximum absolute atomic E-state index is 5.50. The summed E-state index contributed by atoms with van der Waals surface area (Å²) < 4.78 is 5.50. The summed E-state index contributed by atoms with van der Waals surface area (Å²) in [4.78, 5) is 0. The van der Waals surface area contributed by atoms with E-state index in [1.54, 1.807) is 6.26 Å². The van der Waals surface area contributed by atoms with Crippen molar-refractivity contribution in [3.05, 3.63) is 24.2 Å². The number of nitrogens with one attached hydrogen (secondary N) is 1. The molecule has 1 unspecified atom stereocenters. The summed E-state index contributed by atoms with van der Waals surface area (Å²) in [5.41, 5.74) is 0. The maximum Gasteiger partial charge on any atom is 0.120 e. The second-order valence-corrected chi connectivity index (χ2v) is 4.83. The molecule has 1 atom stereocenters. The zero-order valence-corrected chi connectivity index (χ0v) is 10.2. The lowest BCUT2D eigenvalue weighted by atomic mass is 10.1. The maximum atomic E-state index is 5.50. The Bertz CT molecular complexity index is 273. The van der Waals surface area contributed by atoms with Crippen molar-refractivity contribution in [3.8, 4) is 0 Å². The van der Waals surface area contributed by atoms with Crippen LogP contribution in [-0.2, 0) is 0 Å². The molecule has 1 fully saturated rings. The van der Waals surface area contributed by atoms with Gasteiger partial charge in [-0.25, -0.2) is 0 Å². The van der Waals surface area contributed by atoms with E-state index in [1.807, 2.05) is 6.07 Å². The first-order valence-electron chi connectivity index (χ1n) is 6.69. The second kappa shape index (κ2) is 6.09. The molecule has 90 valence electrons. The highest BCUT2D eigenvalue weighted by Gasteiger charge is 2.18. The molecule has 1 aliphatic carbocycles. The van der Waals surface area contributed by atoms with Gasteiger partial charge in [0.15, 0.2) is 0 Å². The molecule has 0 saturated heterocycles. The van der Waals surface area contributed by atoms with Gasteiger partial charge in [-0.15, -0.1) is 0 Å². The number of hydrogen-bond acceptors (Lipinski definition) is 2. The Labute approximate surface area is 98.4 Å². The smallest absolute Gasteiger partial charge is 0.120 e.